The number of rotatable bonds is 5. The summed E-state index contributed by atoms with van der Waals surface area (Å²) >= 11 is 6.31. The molecular formula is C23H19ClN4O4. The van der Waals surface area contributed by atoms with Gasteiger partial charge in [0.15, 0.2) is 0 Å². The van der Waals surface area contributed by atoms with E-state index in [-0.39, 0.29) is 11.8 Å². The molecular weight excluding hydrogens is 432 g/mol. The average Bonchev–Trinajstić information content (AvgIpc) is 3.40. The quantitative estimate of drug-likeness (QED) is 0.438. The zero-order chi connectivity index (χ0) is 22.2. The highest BCUT2D eigenvalue weighted by Crippen LogP contribution is 2.35. The molecule has 1 aliphatic rings. The van der Waals surface area contributed by atoms with Gasteiger partial charge in [0, 0.05) is 18.7 Å². The van der Waals surface area contributed by atoms with Gasteiger partial charge in [-0.2, -0.15) is 4.98 Å². The monoisotopic (exact) mass is 450 g/mol. The summed E-state index contributed by atoms with van der Waals surface area (Å²) in [6, 6.07) is 14.7. The summed E-state index contributed by atoms with van der Waals surface area (Å²) in [5, 5.41) is 8.67. The lowest BCUT2D eigenvalue weighted by atomic mass is 9.97. The van der Waals surface area contributed by atoms with E-state index in [1.54, 1.807) is 25.0 Å². The molecule has 0 unspecified atom stereocenters. The van der Waals surface area contributed by atoms with E-state index in [4.69, 9.17) is 25.4 Å². The molecule has 1 saturated heterocycles. The molecule has 162 valence electrons. The number of aromatic nitrogens is 3. The number of aryl methyl sites for hydroxylation is 1. The van der Waals surface area contributed by atoms with Crippen molar-refractivity contribution in [2.75, 3.05) is 20.2 Å². The van der Waals surface area contributed by atoms with Crippen molar-refractivity contribution in [3.8, 4) is 28.4 Å². The Bertz CT molecular complexity index is 1290. The number of hydrogen-bond acceptors (Lipinski definition) is 7. The van der Waals surface area contributed by atoms with Crippen LogP contribution in [0.15, 0.2) is 57.6 Å². The maximum Gasteiger partial charge on any atom is 0.259 e. The maximum atomic E-state index is 13.2. The number of halogens is 1. The van der Waals surface area contributed by atoms with Crippen molar-refractivity contribution in [3.05, 3.63) is 70.8 Å². The Morgan fingerprint density at radius 1 is 1.06 bits per heavy atom. The van der Waals surface area contributed by atoms with E-state index in [0.29, 0.717) is 58.2 Å². The molecule has 1 amide bonds. The minimum atomic E-state index is -0.167. The van der Waals surface area contributed by atoms with Crippen molar-refractivity contribution in [2.24, 2.45) is 0 Å². The number of hydrogen-bond donors (Lipinski definition) is 0. The average molecular weight is 451 g/mol. The predicted octanol–water partition coefficient (Wildman–Crippen LogP) is 4.60. The first-order valence-electron chi connectivity index (χ1n) is 10.0. The van der Waals surface area contributed by atoms with Crippen LogP contribution in [0.3, 0.4) is 0 Å². The Labute approximate surface area is 188 Å². The summed E-state index contributed by atoms with van der Waals surface area (Å²) in [7, 11) is 1.60. The lowest BCUT2D eigenvalue weighted by Crippen LogP contribution is -2.48. The highest BCUT2D eigenvalue weighted by molar-refractivity contribution is 6.33. The van der Waals surface area contributed by atoms with Gasteiger partial charge in [0.05, 0.1) is 23.6 Å². The lowest BCUT2D eigenvalue weighted by molar-refractivity contribution is 0.0568. The third-order valence-electron chi connectivity index (χ3n) is 5.51. The third kappa shape index (κ3) is 3.42. The number of amides is 1. The SMILES string of the molecule is COc1ccccc1-c1noc(C2CN(C(=O)c3c(-c4ccccc4Cl)noc3C)C2)n1. The summed E-state index contributed by atoms with van der Waals surface area (Å²) < 4.78 is 16.2. The number of likely N-dealkylation sites (tertiary alicyclic amines) is 1. The molecule has 0 spiro atoms. The Morgan fingerprint density at radius 2 is 1.78 bits per heavy atom. The summed E-state index contributed by atoms with van der Waals surface area (Å²) in [6.45, 7) is 2.63. The van der Waals surface area contributed by atoms with E-state index >= 15 is 0 Å². The zero-order valence-corrected chi connectivity index (χ0v) is 18.2. The van der Waals surface area contributed by atoms with Gasteiger partial charge in [0.2, 0.25) is 11.7 Å². The standard InChI is InChI=1S/C23H19ClN4O4/c1-13-19(20(26-31-13)15-7-3-5-9-17(15)24)23(29)28-11-14(12-28)22-25-21(27-32-22)16-8-4-6-10-18(16)30-2/h3-10,14H,11-12H2,1-2H3. The number of carbonyl (C=O) groups excluding carboxylic acids is 1. The molecule has 32 heavy (non-hydrogen) atoms. The Kier molecular flexibility index (Phi) is 5.14. The van der Waals surface area contributed by atoms with Crippen LogP contribution in [0.25, 0.3) is 22.6 Å². The highest BCUT2D eigenvalue weighted by Gasteiger charge is 2.38. The smallest absolute Gasteiger partial charge is 0.259 e. The number of para-hydroxylation sites is 1. The van der Waals surface area contributed by atoms with Crippen molar-refractivity contribution >= 4 is 17.5 Å². The van der Waals surface area contributed by atoms with E-state index in [0.717, 1.165) is 5.56 Å². The molecule has 0 N–H and O–H groups in total. The largest absolute Gasteiger partial charge is 0.496 e. The van der Waals surface area contributed by atoms with Crippen LogP contribution in [-0.4, -0.2) is 46.3 Å². The van der Waals surface area contributed by atoms with Gasteiger partial charge in [0.1, 0.15) is 22.8 Å². The van der Waals surface area contributed by atoms with Gasteiger partial charge < -0.3 is 18.7 Å². The Morgan fingerprint density at radius 3 is 2.53 bits per heavy atom. The van der Waals surface area contributed by atoms with Crippen LogP contribution in [0.4, 0.5) is 0 Å². The van der Waals surface area contributed by atoms with E-state index in [9.17, 15) is 4.79 Å². The van der Waals surface area contributed by atoms with Crippen molar-refractivity contribution in [1.29, 1.82) is 0 Å². The maximum absolute atomic E-state index is 13.2. The summed E-state index contributed by atoms with van der Waals surface area (Å²) in [5.41, 5.74) is 2.26. The normalized spacial score (nSPS) is 13.8. The fraction of sp³-hybridized carbons (Fsp3) is 0.217. The van der Waals surface area contributed by atoms with Crippen LogP contribution >= 0.6 is 11.6 Å². The molecule has 1 fully saturated rings. The van der Waals surface area contributed by atoms with Gasteiger partial charge in [0.25, 0.3) is 5.91 Å². The Balaban J connectivity index is 1.33. The number of methoxy groups -OCH3 is 1. The first-order valence-corrected chi connectivity index (χ1v) is 10.4. The number of carbonyl (C=O) groups is 1. The lowest BCUT2D eigenvalue weighted by Gasteiger charge is -2.37. The van der Waals surface area contributed by atoms with Gasteiger partial charge >= 0.3 is 0 Å². The van der Waals surface area contributed by atoms with Gasteiger partial charge in [-0.25, -0.2) is 0 Å². The van der Waals surface area contributed by atoms with Crippen LogP contribution in [0.5, 0.6) is 5.75 Å². The minimum Gasteiger partial charge on any atom is -0.496 e. The number of nitrogens with zero attached hydrogens (tertiary/aromatic N) is 4. The van der Waals surface area contributed by atoms with E-state index in [1.807, 2.05) is 42.5 Å². The Hall–Kier alpha value is -3.65. The molecule has 3 heterocycles. The molecule has 0 atom stereocenters. The van der Waals surface area contributed by atoms with Gasteiger partial charge in [-0.15, -0.1) is 0 Å². The summed E-state index contributed by atoms with van der Waals surface area (Å²) in [6.07, 6.45) is 0. The second kappa shape index (κ2) is 8.12. The van der Waals surface area contributed by atoms with Crippen LogP contribution in [0.2, 0.25) is 5.02 Å². The molecule has 9 heteroatoms. The summed E-state index contributed by atoms with van der Waals surface area (Å²) in [5.74, 6) is 1.85. The third-order valence-corrected chi connectivity index (χ3v) is 5.84. The van der Waals surface area contributed by atoms with Crippen molar-refractivity contribution in [1.82, 2.24) is 20.2 Å². The minimum absolute atomic E-state index is 0.0427. The summed E-state index contributed by atoms with van der Waals surface area (Å²) in [4.78, 5) is 19.4. The van der Waals surface area contributed by atoms with Gasteiger partial charge in [-0.1, -0.05) is 52.2 Å². The first kappa shape index (κ1) is 20.3. The molecule has 1 aliphatic heterocycles. The fourth-order valence-corrected chi connectivity index (χ4v) is 3.98. The highest BCUT2D eigenvalue weighted by atomic mass is 35.5. The number of ether oxygens (including phenoxy) is 1. The predicted molar refractivity (Wildman–Crippen MR) is 117 cm³/mol. The van der Waals surface area contributed by atoms with E-state index in [2.05, 4.69) is 15.3 Å². The fourth-order valence-electron chi connectivity index (χ4n) is 3.76. The molecule has 2 aromatic carbocycles. The van der Waals surface area contributed by atoms with Crippen LogP contribution in [0, 0.1) is 6.92 Å². The second-order valence-electron chi connectivity index (χ2n) is 7.51. The van der Waals surface area contributed by atoms with Crippen LogP contribution in [0.1, 0.15) is 27.9 Å². The van der Waals surface area contributed by atoms with E-state index < -0.39 is 0 Å². The number of benzene rings is 2. The van der Waals surface area contributed by atoms with Crippen LogP contribution in [-0.2, 0) is 0 Å². The second-order valence-corrected chi connectivity index (χ2v) is 7.91. The van der Waals surface area contributed by atoms with Crippen LogP contribution < -0.4 is 4.74 Å². The van der Waals surface area contributed by atoms with E-state index in [1.165, 1.54) is 0 Å². The van der Waals surface area contributed by atoms with Crippen molar-refractivity contribution in [2.45, 2.75) is 12.8 Å². The zero-order valence-electron chi connectivity index (χ0n) is 17.4. The van der Waals surface area contributed by atoms with Crippen molar-refractivity contribution < 1.29 is 18.6 Å². The molecule has 0 radical (unpaired) electrons. The molecule has 8 nitrogen and oxygen atoms in total. The molecule has 2 aromatic heterocycles. The molecule has 0 saturated carbocycles. The van der Waals surface area contributed by atoms with Crippen molar-refractivity contribution in [3.63, 3.8) is 0 Å². The van der Waals surface area contributed by atoms with Gasteiger partial charge in [-0.3, -0.25) is 4.79 Å². The molecule has 0 aliphatic carbocycles. The molecule has 4 aromatic rings. The topological polar surface area (TPSA) is 94.5 Å². The molecule has 5 rings (SSSR count). The van der Waals surface area contributed by atoms with Gasteiger partial charge in [-0.05, 0) is 25.1 Å². The molecule has 0 bridgehead atoms. The first-order chi connectivity index (χ1) is 15.6.